The molecule has 1 fully saturated rings. The normalized spacial score (nSPS) is 16.8. The lowest BCUT2D eigenvalue weighted by Gasteiger charge is -2.28. The van der Waals surface area contributed by atoms with E-state index in [1.54, 1.807) is 4.90 Å². The quantitative estimate of drug-likeness (QED) is 0.751. The van der Waals surface area contributed by atoms with E-state index in [4.69, 9.17) is 4.74 Å². The van der Waals surface area contributed by atoms with Crippen molar-refractivity contribution in [2.75, 3.05) is 18.9 Å². The standard InChI is InChI=1S/C22H31NO4S/c1-14(24)27-9-8-23-18(25)13-28-19(23)12-15-10-16(21(2,3)4)20(26)17(11-15)22(5,6)7/h10-12,26H,8-9,13H2,1-7H3. The van der Waals surface area contributed by atoms with Gasteiger partial charge in [0.15, 0.2) is 0 Å². The van der Waals surface area contributed by atoms with Crippen LogP contribution in [-0.4, -0.2) is 40.8 Å². The molecule has 0 unspecified atom stereocenters. The number of hydrogen-bond acceptors (Lipinski definition) is 5. The van der Waals surface area contributed by atoms with Crippen molar-refractivity contribution in [2.24, 2.45) is 0 Å². The minimum absolute atomic E-state index is 0.00858. The molecule has 28 heavy (non-hydrogen) atoms. The number of phenolic OH excluding ortho intramolecular Hbond substituents is 1. The summed E-state index contributed by atoms with van der Waals surface area (Å²) < 4.78 is 4.99. The summed E-state index contributed by atoms with van der Waals surface area (Å²) in [6.07, 6.45) is 1.98. The predicted octanol–water partition coefficient (Wildman–Crippen LogP) is 4.42. The molecule has 1 aromatic carbocycles. The van der Waals surface area contributed by atoms with E-state index in [1.165, 1.54) is 18.7 Å². The molecule has 0 saturated carbocycles. The number of thioether (sulfide) groups is 1. The van der Waals surface area contributed by atoms with E-state index in [1.807, 2.05) is 18.2 Å². The van der Waals surface area contributed by atoms with Gasteiger partial charge in [0.2, 0.25) is 5.91 Å². The number of ether oxygens (including phenoxy) is 1. The smallest absolute Gasteiger partial charge is 0.302 e. The average molecular weight is 406 g/mol. The number of nitrogens with zero attached hydrogens (tertiary/aromatic N) is 1. The number of esters is 1. The second-order valence-electron chi connectivity index (χ2n) is 9.12. The Hall–Kier alpha value is -1.95. The van der Waals surface area contributed by atoms with Crippen LogP contribution in [-0.2, 0) is 25.2 Å². The molecule has 1 aliphatic heterocycles. The van der Waals surface area contributed by atoms with Gasteiger partial charge in [-0.05, 0) is 34.6 Å². The number of carbonyl (C=O) groups excluding carboxylic acids is 2. The van der Waals surface area contributed by atoms with Crippen LogP contribution in [0.15, 0.2) is 17.2 Å². The van der Waals surface area contributed by atoms with Crippen molar-refractivity contribution >= 4 is 29.7 Å². The summed E-state index contributed by atoms with van der Waals surface area (Å²) in [4.78, 5) is 24.9. The molecule has 0 aromatic heterocycles. The molecule has 2 rings (SSSR count). The average Bonchev–Trinajstić information content (AvgIpc) is 2.87. The predicted molar refractivity (Wildman–Crippen MR) is 114 cm³/mol. The number of benzene rings is 1. The van der Waals surface area contributed by atoms with Gasteiger partial charge in [-0.1, -0.05) is 53.3 Å². The molecule has 0 aliphatic carbocycles. The maximum Gasteiger partial charge on any atom is 0.302 e. The fraction of sp³-hybridized carbons (Fsp3) is 0.545. The highest BCUT2D eigenvalue weighted by Gasteiger charge is 2.29. The summed E-state index contributed by atoms with van der Waals surface area (Å²) in [5.74, 6) is 0.369. The number of carbonyl (C=O) groups is 2. The van der Waals surface area contributed by atoms with Gasteiger partial charge in [-0.3, -0.25) is 9.59 Å². The summed E-state index contributed by atoms with van der Waals surface area (Å²) in [5.41, 5.74) is 2.28. The Kier molecular flexibility index (Phi) is 6.54. The van der Waals surface area contributed by atoms with Crippen molar-refractivity contribution in [2.45, 2.75) is 59.3 Å². The SMILES string of the molecule is CC(=O)OCCN1C(=O)CSC1=Cc1cc(C(C)(C)C)c(O)c(C(C)(C)C)c1. The molecule has 0 atom stereocenters. The maximum atomic E-state index is 12.2. The maximum absolute atomic E-state index is 12.2. The van der Waals surface area contributed by atoms with E-state index >= 15 is 0 Å². The van der Waals surface area contributed by atoms with Crippen LogP contribution >= 0.6 is 11.8 Å². The van der Waals surface area contributed by atoms with Crippen LogP contribution in [0.2, 0.25) is 0 Å². The third-order valence-electron chi connectivity index (χ3n) is 4.57. The van der Waals surface area contributed by atoms with Crippen molar-refractivity contribution in [1.82, 2.24) is 4.90 Å². The van der Waals surface area contributed by atoms with E-state index in [0.29, 0.717) is 18.0 Å². The minimum atomic E-state index is -0.354. The van der Waals surface area contributed by atoms with Crippen LogP contribution in [0.4, 0.5) is 0 Å². The fourth-order valence-corrected chi connectivity index (χ4v) is 4.07. The molecule has 1 aromatic rings. The van der Waals surface area contributed by atoms with Crippen molar-refractivity contribution in [3.8, 4) is 5.75 Å². The van der Waals surface area contributed by atoms with E-state index in [0.717, 1.165) is 21.7 Å². The van der Waals surface area contributed by atoms with Gasteiger partial charge in [-0.2, -0.15) is 0 Å². The lowest BCUT2D eigenvalue weighted by atomic mass is 9.78. The van der Waals surface area contributed by atoms with Crippen LogP contribution in [0.1, 0.15) is 65.2 Å². The highest BCUT2D eigenvalue weighted by Crippen LogP contribution is 2.41. The van der Waals surface area contributed by atoms with Gasteiger partial charge in [0.1, 0.15) is 12.4 Å². The van der Waals surface area contributed by atoms with Crippen LogP contribution in [0.25, 0.3) is 6.08 Å². The van der Waals surface area contributed by atoms with Gasteiger partial charge in [0.05, 0.1) is 17.3 Å². The van der Waals surface area contributed by atoms with Crippen LogP contribution in [0.3, 0.4) is 0 Å². The third kappa shape index (κ3) is 5.31. The van der Waals surface area contributed by atoms with E-state index in [-0.39, 0.29) is 29.3 Å². The molecule has 1 saturated heterocycles. The van der Waals surface area contributed by atoms with E-state index in [2.05, 4.69) is 41.5 Å². The molecule has 1 N–H and O–H groups in total. The molecule has 1 amide bonds. The summed E-state index contributed by atoms with van der Waals surface area (Å²) in [7, 11) is 0. The monoisotopic (exact) mass is 405 g/mol. The Morgan fingerprint density at radius 3 is 2.18 bits per heavy atom. The van der Waals surface area contributed by atoms with Gasteiger partial charge < -0.3 is 14.7 Å². The molecular weight excluding hydrogens is 374 g/mol. The van der Waals surface area contributed by atoms with Crippen LogP contribution in [0, 0.1) is 0 Å². The van der Waals surface area contributed by atoms with Crippen molar-refractivity contribution in [3.63, 3.8) is 0 Å². The molecule has 154 valence electrons. The van der Waals surface area contributed by atoms with Crippen molar-refractivity contribution in [1.29, 1.82) is 0 Å². The first-order valence-corrected chi connectivity index (χ1v) is 10.5. The van der Waals surface area contributed by atoms with Crippen LogP contribution in [0.5, 0.6) is 5.75 Å². The summed E-state index contributed by atoms with van der Waals surface area (Å²) in [6.45, 7) is 14.3. The molecule has 0 radical (unpaired) electrons. The molecular formula is C22H31NO4S. The first-order chi connectivity index (χ1) is 12.8. The zero-order valence-corrected chi connectivity index (χ0v) is 18.7. The highest BCUT2D eigenvalue weighted by molar-refractivity contribution is 8.04. The largest absolute Gasteiger partial charge is 0.507 e. The first kappa shape index (κ1) is 22.3. The molecule has 1 aliphatic rings. The summed E-state index contributed by atoms with van der Waals surface area (Å²) >= 11 is 1.48. The third-order valence-corrected chi connectivity index (χ3v) is 5.59. The van der Waals surface area contributed by atoms with Gasteiger partial charge in [0, 0.05) is 18.1 Å². The number of rotatable bonds is 4. The number of hydrogen-bond donors (Lipinski definition) is 1. The second kappa shape index (κ2) is 8.19. The highest BCUT2D eigenvalue weighted by atomic mass is 32.2. The molecule has 0 bridgehead atoms. The molecule has 6 heteroatoms. The Morgan fingerprint density at radius 1 is 1.18 bits per heavy atom. The number of phenols is 1. The minimum Gasteiger partial charge on any atom is -0.507 e. The van der Waals surface area contributed by atoms with Crippen molar-refractivity contribution in [3.05, 3.63) is 33.9 Å². The second-order valence-corrected chi connectivity index (χ2v) is 10.1. The lowest BCUT2D eigenvalue weighted by Crippen LogP contribution is -2.28. The topological polar surface area (TPSA) is 66.8 Å². The fourth-order valence-electron chi connectivity index (χ4n) is 3.08. The number of amides is 1. The van der Waals surface area contributed by atoms with Gasteiger partial charge >= 0.3 is 5.97 Å². The zero-order chi connectivity index (χ0) is 21.3. The van der Waals surface area contributed by atoms with Crippen LogP contribution < -0.4 is 0 Å². The Bertz CT molecular complexity index is 765. The Morgan fingerprint density at radius 2 is 1.71 bits per heavy atom. The zero-order valence-electron chi connectivity index (χ0n) is 17.9. The lowest BCUT2D eigenvalue weighted by molar-refractivity contribution is -0.142. The van der Waals surface area contributed by atoms with Gasteiger partial charge in [-0.15, -0.1) is 0 Å². The number of aromatic hydroxyl groups is 1. The van der Waals surface area contributed by atoms with Gasteiger partial charge in [-0.25, -0.2) is 0 Å². The summed E-state index contributed by atoms with van der Waals surface area (Å²) in [5, 5.41) is 11.7. The van der Waals surface area contributed by atoms with Crippen molar-refractivity contribution < 1.29 is 19.4 Å². The summed E-state index contributed by atoms with van der Waals surface area (Å²) in [6, 6.07) is 3.98. The Balaban J connectivity index is 2.45. The first-order valence-electron chi connectivity index (χ1n) is 9.47. The van der Waals surface area contributed by atoms with E-state index in [9.17, 15) is 14.7 Å². The molecule has 1 heterocycles. The van der Waals surface area contributed by atoms with Gasteiger partial charge in [0.25, 0.3) is 0 Å². The van der Waals surface area contributed by atoms with E-state index < -0.39 is 0 Å². The Labute approximate surface area is 172 Å². The molecule has 0 spiro atoms. The molecule has 5 nitrogen and oxygen atoms in total.